The lowest BCUT2D eigenvalue weighted by molar-refractivity contribution is 0.0685. The van der Waals surface area contributed by atoms with E-state index in [2.05, 4.69) is 9.97 Å². The van der Waals surface area contributed by atoms with Gasteiger partial charge in [0.2, 0.25) is 20.0 Å². The molecule has 0 spiro atoms. The van der Waals surface area contributed by atoms with Gasteiger partial charge in [-0.05, 0) is 122 Å². The molecule has 2 aliphatic rings. The number of fused-ring (bicyclic) bond motifs is 4. The van der Waals surface area contributed by atoms with E-state index in [1.807, 2.05) is 74.8 Å². The third-order valence-electron chi connectivity index (χ3n) is 17.0. The highest BCUT2D eigenvalue weighted by Crippen LogP contribution is 2.45. The molecule has 2 fully saturated rings. The third kappa shape index (κ3) is 11.5. The Balaban J connectivity index is 0.000000182. The second-order valence-corrected chi connectivity index (χ2v) is 26.6. The Morgan fingerprint density at radius 2 is 0.920 bits per heavy atom. The molecule has 0 saturated carbocycles. The molecule has 0 bridgehead atoms. The van der Waals surface area contributed by atoms with E-state index in [-0.39, 0.29) is 48.1 Å². The zero-order valence-electron chi connectivity index (χ0n) is 50.0. The molecule has 88 heavy (non-hydrogen) atoms. The van der Waals surface area contributed by atoms with Gasteiger partial charge in [0.1, 0.15) is 34.3 Å². The van der Waals surface area contributed by atoms with E-state index < -0.39 is 31.7 Å². The van der Waals surface area contributed by atoms with E-state index in [1.54, 1.807) is 69.2 Å². The first-order valence-corrected chi connectivity index (χ1v) is 32.7. The van der Waals surface area contributed by atoms with Gasteiger partial charge >= 0.3 is 0 Å². The number of aryl methyl sites for hydroxylation is 2. The summed E-state index contributed by atoms with van der Waals surface area (Å²) in [6.45, 7) is 5.29. The zero-order valence-corrected chi connectivity index (χ0v) is 51.6. The Kier molecular flexibility index (Phi) is 16.5. The summed E-state index contributed by atoms with van der Waals surface area (Å²) in [5, 5.41) is 1.10. The molecule has 4 aromatic heterocycles. The van der Waals surface area contributed by atoms with Crippen molar-refractivity contribution in [2.24, 2.45) is 14.1 Å². The molecule has 22 heteroatoms. The number of likely N-dealkylation sites (tertiary alicyclic amines) is 2. The predicted molar refractivity (Wildman–Crippen MR) is 336 cm³/mol. The number of ketones is 2. The van der Waals surface area contributed by atoms with Crippen LogP contribution in [0.3, 0.4) is 0 Å². The van der Waals surface area contributed by atoms with Crippen LogP contribution in [0.5, 0.6) is 0 Å². The molecule has 12 rings (SSSR count). The highest BCUT2D eigenvalue weighted by atomic mass is 32.2. The third-order valence-corrected chi connectivity index (χ3v) is 19.4. The molecule has 2 atom stereocenters. The minimum Gasteiger partial charge on any atom is -0.455 e. The molecule has 2 aliphatic heterocycles. The monoisotopic (exact) mass is 1230 g/mol. The van der Waals surface area contributed by atoms with Crippen LogP contribution in [-0.2, 0) is 34.1 Å². The molecule has 18 nitrogen and oxygen atoms in total. The summed E-state index contributed by atoms with van der Waals surface area (Å²) < 4.78 is 97.0. The van der Waals surface area contributed by atoms with Gasteiger partial charge in [0, 0.05) is 113 Å². The van der Waals surface area contributed by atoms with Gasteiger partial charge in [0.25, 0.3) is 11.8 Å². The number of benzene rings is 6. The summed E-state index contributed by atoms with van der Waals surface area (Å²) >= 11 is 0. The summed E-state index contributed by atoms with van der Waals surface area (Å²) in [4.78, 5) is 66.9. The van der Waals surface area contributed by atoms with E-state index in [1.165, 1.54) is 47.0 Å². The Bertz CT molecular complexity index is 4360. The number of anilines is 2. The van der Waals surface area contributed by atoms with Crippen molar-refractivity contribution >= 4 is 98.8 Å². The lowest BCUT2D eigenvalue weighted by Gasteiger charge is -2.34. The normalized spacial score (nSPS) is 15.7. The van der Waals surface area contributed by atoms with E-state index in [9.17, 15) is 44.8 Å². The standard InChI is InChI=1S/2C33H33FN4O5S/c2*1-5-28(39)30-24-17-23(21-9-8-16-38(19-21)33(40)32-35-25-10-6-7-11-26(25)36(32)2)27(37(3)44(4,41)42)18-29(24)43-31(30)20-12-14-22(34)15-13-20/h2*6-7,10-15,17-18,21H,5,8-9,16,19H2,1-4H3/t2*21-/m10/s1. The lowest BCUT2D eigenvalue weighted by Crippen LogP contribution is -2.40. The maximum Gasteiger partial charge on any atom is 0.289 e. The maximum atomic E-state index is 13.8. The van der Waals surface area contributed by atoms with Crippen molar-refractivity contribution < 1.29 is 53.6 Å². The first-order valence-electron chi connectivity index (χ1n) is 29.0. The summed E-state index contributed by atoms with van der Waals surface area (Å²) in [6, 6.07) is 33.5. The van der Waals surface area contributed by atoms with Crippen molar-refractivity contribution in [1.29, 1.82) is 0 Å². The maximum absolute atomic E-state index is 13.8. The van der Waals surface area contributed by atoms with Crippen molar-refractivity contribution in [2.45, 2.75) is 64.2 Å². The lowest BCUT2D eigenvalue weighted by atomic mass is 9.87. The predicted octanol–water partition coefficient (Wildman–Crippen LogP) is 12.3. The SMILES string of the molecule is CCC(=O)c1c(-c2ccc(F)cc2)oc2cc(N(C)S(C)(=O)=O)c([C@@H]3CCCN(C(=O)c4nc5ccccc5n4C)C3)cc12.CCC(=O)c1c(-c2ccc(F)cc2)oc2cc(N(C)S(C)(=O)=O)c([C@H]3CCCN(C(=O)c4nc5ccccc5n4C)C3)cc12. The summed E-state index contributed by atoms with van der Waals surface area (Å²) in [7, 11) is -0.743. The number of nitrogens with zero attached hydrogens (tertiary/aromatic N) is 8. The van der Waals surface area contributed by atoms with Gasteiger partial charge in [-0.1, -0.05) is 38.1 Å². The molecular formula is C66H66F2N8O10S2. The number of hydrogen-bond donors (Lipinski definition) is 0. The molecule has 6 heterocycles. The van der Waals surface area contributed by atoms with Gasteiger partial charge in [-0.25, -0.2) is 35.6 Å². The van der Waals surface area contributed by atoms with Crippen LogP contribution in [0.25, 0.3) is 66.7 Å². The zero-order chi connectivity index (χ0) is 62.7. The summed E-state index contributed by atoms with van der Waals surface area (Å²) in [6.07, 6.45) is 5.51. The average molecular weight is 1230 g/mol. The highest BCUT2D eigenvalue weighted by molar-refractivity contribution is 7.92. The van der Waals surface area contributed by atoms with Crippen molar-refractivity contribution in [3.8, 4) is 22.6 Å². The van der Waals surface area contributed by atoms with Crippen LogP contribution < -0.4 is 8.61 Å². The molecule has 0 N–H and O–H groups in total. The number of sulfonamides is 2. The van der Waals surface area contributed by atoms with E-state index in [0.29, 0.717) is 142 Å². The number of para-hydroxylation sites is 4. The Morgan fingerprint density at radius 3 is 1.26 bits per heavy atom. The van der Waals surface area contributed by atoms with Gasteiger partial charge in [-0.3, -0.25) is 27.8 Å². The molecular weight excluding hydrogens is 1170 g/mol. The number of piperidine rings is 2. The van der Waals surface area contributed by atoms with E-state index >= 15 is 0 Å². The Morgan fingerprint density at radius 1 is 0.557 bits per heavy atom. The second kappa shape index (κ2) is 23.9. The van der Waals surface area contributed by atoms with Gasteiger partial charge < -0.3 is 27.8 Å². The van der Waals surface area contributed by atoms with Crippen LogP contribution in [0.2, 0.25) is 0 Å². The van der Waals surface area contributed by atoms with Crippen LogP contribution >= 0.6 is 0 Å². The molecule has 456 valence electrons. The van der Waals surface area contributed by atoms with Crippen LogP contribution in [-0.4, -0.2) is 122 Å². The number of imidazole rings is 2. The Hall–Kier alpha value is -9.02. The van der Waals surface area contributed by atoms with Gasteiger partial charge in [-0.2, -0.15) is 0 Å². The average Bonchev–Trinajstić information content (AvgIpc) is 1.84. The summed E-state index contributed by atoms with van der Waals surface area (Å²) in [5.74, 6) is -0.687. The fourth-order valence-electron chi connectivity index (χ4n) is 12.2. The van der Waals surface area contributed by atoms with Crippen LogP contribution in [0.1, 0.15) is 117 Å². The highest BCUT2D eigenvalue weighted by Gasteiger charge is 2.35. The van der Waals surface area contributed by atoms with Crippen molar-refractivity contribution in [3.63, 3.8) is 0 Å². The van der Waals surface area contributed by atoms with Gasteiger partial charge in [0.15, 0.2) is 23.2 Å². The number of carbonyl (C=O) groups is 4. The first kappa shape index (κ1) is 60.7. The minimum absolute atomic E-state index is 0.152. The van der Waals surface area contributed by atoms with Crippen LogP contribution in [0, 0.1) is 11.6 Å². The largest absolute Gasteiger partial charge is 0.455 e. The van der Waals surface area contributed by atoms with Crippen molar-refractivity contribution in [3.05, 3.63) is 167 Å². The number of Topliss-reactive ketones (excluding diaryl/α,β-unsaturated/α-hetero) is 2. The van der Waals surface area contributed by atoms with Gasteiger partial charge in [0.05, 0.1) is 57.1 Å². The number of furan rings is 2. The molecule has 0 radical (unpaired) electrons. The molecule has 2 amide bonds. The number of amides is 2. The molecule has 0 aliphatic carbocycles. The number of rotatable bonds is 14. The van der Waals surface area contributed by atoms with Crippen molar-refractivity contribution in [1.82, 2.24) is 28.9 Å². The van der Waals surface area contributed by atoms with Crippen LogP contribution in [0.15, 0.2) is 130 Å². The van der Waals surface area contributed by atoms with Crippen LogP contribution in [0.4, 0.5) is 20.2 Å². The van der Waals surface area contributed by atoms with E-state index in [0.717, 1.165) is 34.6 Å². The first-order chi connectivity index (χ1) is 41.9. The fourth-order valence-corrected chi connectivity index (χ4v) is 13.2. The fraction of sp³-hybridized carbons (Fsp3) is 0.303. The Labute approximate surface area is 508 Å². The number of hydrogen-bond acceptors (Lipinski definition) is 12. The molecule has 10 aromatic rings. The number of carbonyl (C=O) groups excluding carboxylic acids is 4. The topological polar surface area (TPSA) is 211 Å². The van der Waals surface area contributed by atoms with E-state index in [4.69, 9.17) is 8.83 Å². The summed E-state index contributed by atoms with van der Waals surface area (Å²) in [5.41, 5.74) is 7.92. The smallest absolute Gasteiger partial charge is 0.289 e. The second-order valence-electron chi connectivity index (χ2n) is 22.6. The number of halogens is 2. The van der Waals surface area contributed by atoms with Gasteiger partial charge in [-0.15, -0.1) is 0 Å². The quantitative estimate of drug-likeness (QED) is 0.0931. The molecule has 0 unspecified atom stereocenters. The molecule has 2 saturated heterocycles. The van der Waals surface area contributed by atoms with Crippen molar-refractivity contribution in [2.75, 3.05) is 61.4 Å². The molecule has 6 aromatic carbocycles. The minimum atomic E-state index is -3.67. The number of aromatic nitrogens is 4.